The Bertz CT molecular complexity index is 809. The molecule has 5 heteroatoms. The fraction of sp³-hybridized carbons (Fsp3) is 0.458. The topological polar surface area (TPSA) is 54.0 Å². The third-order valence-corrected chi connectivity index (χ3v) is 5.75. The van der Waals surface area contributed by atoms with E-state index in [1.54, 1.807) is 0 Å². The Hall–Kier alpha value is -2.21. The lowest BCUT2D eigenvalue weighted by Gasteiger charge is -2.47. The van der Waals surface area contributed by atoms with Crippen LogP contribution in [0.2, 0.25) is 0 Å². The van der Waals surface area contributed by atoms with Crippen molar-refractivity contribution in [2.45, 2.75) is 56.7 Å². The largest absolute Gasteiger partial charge is 0.454 e. The molecule has 0 bridgehead atoms. The number of ether oxygens (including phenoxy) is 4. The van der Waals surface area contributed by atoms with E-state index in [-0.39, 0.29) is 12.1 Å². The minimum absolute atomic E-state index is 0.175. The molecule has 0 N–H and O–H groups in total. The number of esters is 1. The highest BCUT2D eigenvalue weighted by molar-refractivity contribution is 5.72. The van der Waals surface area contributed by atoms with E-state index in [9.17, 15) is 4.79 Å². The standard InChI is InChI=1S/C24H28O5/c1-23(17-26-15-19-8-4-2-5-9-19)14-21(27-16-20-10-6-3-7-11-20)24(18-28-23)13-12-22(25)29-24/h2-11,21H,12-18H2,1H3/t21-,23+,24+/m0/s1. The van der Waals surface area contributed by atoms with Crippen molar-refractivity contribution in [3.8, 4) is 0 Å². The lowest BCUT2D eigenvalue weighted by molar-refractivity contribution is -0.243. The molecule has 2 fully saturated rings. The zero-order valence-corrected chi connectivity index (χ0v) is 16.8. The molecule has 2 heterocycles. The second-order valence-corrected chi connectivity index (χ2v) is 8.25. The van der Waals surface area contributed by atoms with Gasteiger partial charge in [0.25, 0.3) is 0 Å². The molecular weight excluding hydrogens is 368 g/mol. The van der Waals surface area contributed by atoms with Crippen LogP contribution in [0.5, 0.6) is 0 Å². The fourth-order valence-electron chi connectivity index (χ4n) is 4.04. The number of hydrogen-bond donors (Lipinski definition) is 0. The minimum Gasteiger partial charge on any atom is -0.454 e. The average Bonchev–Trinajstić information content (AvgIpc) is 3.12. The first kappa shape index (κ1) is 20.1. The Kier molecular flexibility index (Phi) is 5.99. The maximum atomic E-state index is 11.9. The Balaban J connectivity index is 1.41. The molecule has 2 aromatic rings. The molecule has 0 saturated carbocycles. The van der Waals surface area contributed by atoms with Gasteiger partial charge in [-0.2, -0.15) is 0 Å². The predicted molar refractivity (Wildman–Crippen MR) is 108 cm³/mol. The van der Waals surface area contributed by atoms with Crippen molar-refractivity contribution in [2.24, 2.45) is 0 Å². The molecule has 0 amide bonds. The molecule has 154 valence electrons. The minimum atomic E-state index is -0.690. The normalized spacial score (nSPS) is 29.1. The van der Waals surface area contributed by atoms with Crippen LogP contribution in [0.3, 0.4) is 0 Å². The van der Waals surface area contributed by atoms with Crippen LogP contribution >= 0.6 is 0 Å². The summed E-state index contributed by atoms with van der Waals surface area (Å²) in [7, 11) is 0. The van der Waals surface area contributed by atoms with E-state index in [1.165, 1.54) is 0 Å². The Morgan fingerprint density at radius 1 is 1.00 bits per heavy atom. The lowest BCUT2D eigenvalue weighted by Crippen LogP contribution is -2.58. The molecule has 2 aliphatic heterocycles. The molecule has 2 aliphatic rings. The van der Waals surface area contributed by atoms with E-state index >= 15 is 0 Å². The van der Waals surface area contributed by atoms with Gasteiger partial charge in [0.15, 0.2) is 5.60 Å². The van der Waals surface area contributed by atoms with Crippen LogP contribution in [0.4, 0.5) is 0 Å². The summed E-state index contributed by atoms with van der Waals surface area (Å²) in [5.41, 5.74) is 1.05. The van der Waals surface area contributed by atoms with E-state index < -0.39 is 11.2 Å². The van der Waals surface area contributed by atoms with E-state index in [4.69, 9.17) is 18.9 Å². The molecule has 29 heavy (non-hydrogen) atoms. The van der Waals surface area contributed by atoms with Gasteiger partial charge in [-0.3, -0.25) is 4.79 Å². The molecule has 2 aromatic carbocycles. The highest BCUT2D eigenvalue weighted by Gasteiger charge is 2.54. The molecular formula is C24H28O5. The second-order valence-electron chi connectivity index (χ2n) is 8.25. The summed E-state index contributed by atoms with van der Waals surface area (Å²) in [6, 6.07) is 20.1. The lowest BCUT2D eigenvalue weighted by atomic mass is 9.82. The van der Waals surface area contributed by atoms with Gasteiger partial charge < -0.3 is 18.9 Å². The third kappa shape index (κ3) is 4.86. The number of carbonyl (C=O) groups is 1. The van der Waals surface area contributed by atoms with Crippen LogP contribution < -0.4 is 0 Å². The first-order valence-electron chi connectivity index (χ1n) is 10.2. The van der Waals surface area contributed by atoms with E-state index in [0.717, 1.165) is 11.1 Å². The number of rotatable bonds is 7. The predicted octanol–water partition coefficient (Wildman–Crippen LogP) is 4.04. The van der Waals surface area contributed by atoms with E-state index in [2.05, 4.69) is 0 Å². The molecule has 0 aliphatic carbocycles. The van der Waals surface area contributed by atoms with Crippen molar-refractivity contribution in [1.29, 1.82) is 0 Å². The monoisotopic (exact) mass is 396 g/mol. The van der Waals surface area contributed by atoms with Gasteiger partial charge in [0.1, 0.15) is 6.10 Å². The maximum absolute atomic E-state index is 11.9. The van der Waals surface area contributed by atoms with Gasteiger partial charge in [-0.25, -0.2) is 0 Å². The summed E-state index contributed by atoms with van der Waals surface area (Å²) < 4.78 is 24.2. The molecule has 4 rings (SSSR count). The number of carbonyl (C=O) groups excluding carboxylic acids is 1. The third-order valence-electron chi connectivity index (χ3n) is 5.75. The molecule has 5 nitrogen and oxygen atoms in total. The van der Waals surface area contributed by atoms with Crippen LogP contribution in [-0.4, -0.2) is 36.5 Å². The van der Waals surface area contributed by atoms with Gasteiger partial charge in [-0.15, -0.1) is 0 Å². The van der Waals surface area contributed by atoms with Gasteiger partial charge in [0.2, 0.25) is 0 Å². The average molecular weight is 396 g/mol. The Labute approximate surface area is 171 Å². The van der Waals surface area contributed by atoms with E-state index in [1.807, 2.05) is 67.6 Å². The number of benzene rings is 2. The zero-order chi connectivity index (χ0) is 20.2. The summed E-state index contributed by atoms with van der Waals surface area (Å²) >= 11 is 0. The quantitative estimate of drug-likeness (QED) is 0.661. The molecule has 0 unspecified atom stereocenters. The van der Waals surface area contributed by atoms with Crippen molar-refractivity contribution < 1.29 is 23.7 Å². The van der Waals surface area contributed by atoms with Crippen LogP contribution in [0, 0.1) is 0 Å². The van der Waals surface area contributed by atoms with Gasteiger partial charge in [0.05, 0.1) is 32.0 Å². The second kappa shape index (κ2) is 8.66. The smallest absolute Gasteiger partial charge is 0.306 e. The summed E-state index contributed by atoms with van der Waals surface area (Å²) in [6.07, 6.45) is 1.43. The molecule has 0 radical (unpaired) electrons. The van der Waals surface area contributed by atoms with Crippen LogP contribution in [0.25, 0.3) is 0 Å². The van der Waals surface area contributed by atoms with Crippen molar-refractivity contribution in [2.75, 3.05) is 13.2 Å². The van der Waals surface area contributed by atoms with Gasteiger partial charge >= 0.3 is 5.97 Å². The highest BCUT2D eigenvalue weighted by atomic mass is 16.6. The molecule has 0 aromatic heterocycles. The SMILES string of the molecule is C[C@]1(COCc2ccccc2)C[C@H](OCc2ccccc2)[C@@]2(CCC(=O)O2)CO1. The summed E-state index contributed by atoms with van der Waals surface area (Å²) in [6.45, 7) is 3.85. The van der Waals surface area contributed by atoms with Crippen molar-refractivity contribution >= 4 is 5.97 Å². The summed E-state index contributed by atoms with van der Waals surface area (Å²) in [5.74, 6) is -0.175. The maximum Gasteiger partial charge on any atom is 0.306 e. The highest BCUT2D eigenvalue weighted by Crippen LogP contribution is 2.42. The van der Waals surface area contributed by atoms with Gasteiger partial charge in [-0.1, -0.05) is 60.7 Å². The number of hydrogen-bond acceptors (Lipinski definition) is 5. The van der Waals surface area contributed by atoms with Gasteiger partial charge in [-0.05, 0) is 18.1 Å². The van der Waals surface area contributed by atoms with Crippen LogP contribution in [-0.2, 0) is 37.0 Å². The molecule has 3 atom stereocenters. The van der Waals surface area contributed by atoms with E-state index in [0.29, 0.717) is 45.7 Å². The van der Waals surface area contributed by atoms with Crippen LogP contribution in [0.15, 0.2) is 60.7 Å². The first-order valence-corrected chi connectivity index (χ1v) is 10.2. The molecule has 1 spiro atoms. The van der Waals surface area contributed by atoms with Crippen molar-refractivity contribution in [3.05, 3.63) is 71.8 Å². The Morgan fingerprint density at radius 3 is 2.28 bits per heavy atom. The van der Waals surface area contributed by atoms with Gasteiger partial charge in [0, 0.05) is 19.3 Å². The fourth-order valence-corrected chi connectivity index (χ4v) is 4.04. The van der Waals surface area contributed by atoms with Crippen LogP contribution in [0.1, 0.15) is 37.3 Å². The molecule has 2 saturated heterocycles. The van der Waals surface area contributed by atoms with Crippen molar-refractivity contribution in [3.63, 3.8) is 0 Å². The summed E-state index contributed by atoms with van der Waals surface area (Å²) in [4.78, 5) is 11.9. The van der Waals surface area contributed by atoms with Crippen molar-refractivity contribution in [1.82, 2.24) is 0 Å². The first-order chi connectivity index (χ1) is 14.1. The Morgan fingerprint density at radius 2 is 1.66 bits per heavy atom. The summed E-state index contributed by atoms with van der Waals surface area (Å²) in [5, 5.41) is 0. The zero-order valence-electron chi connectivity index (χ0n) is 16.8.